The summed E-state index contributed by atoms with van der Waals surface area (Å²) < 4.78 is 12.8. The van der Waals surface area contributed by atoms with E-state index in [1.54, 1.807) is 18.0 Å². The van der Waals surface area contributed by atoms with Gasteiger partial charge >= 0.3 is 5.88 Å². The summed E-state index contributed by atoms with van der Waals surface area (Å²) in [6, 6.07) is 2.17. The van der Waals surface area contributed by atoms with Crippen LogP contribution in [0.2, 0.25) is 0 Å². The van der Waals surface area contributed by atoms with Crippen molar-refractivity contribution in [2.45, 2.75) is 36.4 Å². The molecule has 27 heavy (non-hydrogen) atoms. The van der Waals surface area contributed by atoms with Gasteiger partial charge in [0.1, 0.15) is 17.3 Å². The quantitative estimate of drug-likeness (QED) is 0.533. The average molecular weight is 407 g/mol. The van der Waals surface area contributed by atoms with Gasteiger partial charge in [0.2, 0.25) is 17.7 Å². The summed E-state index contributed by atoms with van der Waals surface area (Å²) in [5.41, 5.74) is 2.62. The Hall–Kier alpha value is -2.22. The first kappa shape index (κ1) is 19.5. The van der Waals surface area contributed by atoms with Crippen molar-refractivity contribution in [2.75, 3.05) is 24.8 Å². The first-order chi connectivity index (χ1) is 13.1. The van der Waals surface area contributed by atoms with Gasteiger partial charge in [-0.3, -0.25) is 20.0 Å². The molecule has 0 radical (unpaired) electrons. The van der Waals surface area contributed by atoms with E-state index in [2.05, 4.69) is 16.7 Å². The average Bonchev–Trinajstić information content (AvgIpc) is 3.11. The molecule has 0 spiro atoms. The van der Waals surface area contributed by atoms with Crippen LogP contribution in [0, 0.1) is 16.7 Å². The van der Waals surface area contributed by atoms with Crippen molar-refractivity contribution in [3.63, 3.8) is 0 Å². The molecule has 1 aliphatic rings. The van der Waals surface area contributed by atoms with E-state index in [1.807, 2.05) is 0 Å². The number of aromatic nitrogens is 2. The van der Waals surface area contributed by atoms with E-state index in [-0.39, 0.29) is 22.2 Å². The van der Waals surface area contributed by atoms with Crippen LogP contribution < -0.4 is 14.7 Å². The summed E-state index contributed by atoms with van der Waals surface area (Å²) in [6.07, 6.45) is 5.44. The standard InChI is InChI=1S/C17H19N5O3S2/c1-24-7-6-22-9-15(25-21-22)20-14(23)10-26-17-12-5-3-2-4-11(12)13(8-18)16(19)27-17/h9,19H,2-7,10H2,1H3/p+1. The summed E-state index contributed by atoms with van der Waals surface area (Å²) in [7, 11) is 1.60. The zero-order chi connectivity index (χ0) is 19.2. The molecule has 0 fully saturated rings. The lowest BCUT2D eigenvalue weighted by molar-refractivity contribution is -0.763. The first-order valence-corrected chi connectivity index (χ1v) is 10.3. The molecule has 142 valence electrons. The number of hydrogen-bond acceptors (Lipinski definition) is 8. The van der Waals surface area contributed by atoms with Crippen molar-refractivity contribution in [1.82, 2.24) is 5.27 Å². The third-order valence-electron chi connectivity index (χ3n) is 4.18. The molecule has 1 amide bonds. The monoisotopic (exact) mass is 406 g/mol. The van der Waals surface area contributed by atoms with Crippen LogP contribution in [0.5, 0.6) is 0 Å². The molecule has 2 aromatic heterocycles. The number of anilines is 1. The zero-order valence-electron chi connectivity index (χ0n) is 14.9. The number of carbonyl (C=O) groups is 1. The molecule has 3 rings (SSSR count). The normalized spacial score (nSPS) is 13.0. The number of nitrogens with zero attached hydrogens (tertiary/aromatic N) is 3. The van der Waals surface area contributed by atoms with Crippen LogP contribution >= 0.6 is 23.1 Å². The third-order valence-corrected chi connectivity index (χ3v) is 6.54. The summed E-state index contributed by atoms with van der Waals surface area (Å²) in [4.78, 5) is 12.2. The second kappa shape index (κ2) is 9.12. The Balaban J connectivity index is 1.65. The van der Waals surface area contributed by atoms with Gasteiger partial charge in [0.25, 0.3) is 6.20 Å². The molecule has 1 aliphatic carbocycles. The highest BCUT2D eigenvalue weighted by atomic mass is 32.2. The van der Waals surface area contributed by atoms with E-state index in [0.29, 0.717) is 18.7 Å². The van der Waals surface area contributed by atoms with Crippen LogP contribution in [0.15, 0.2) is 14.9 Å². The molecule has 2 N–H and O–H groups in total. The number of methoxy groups -OCH3 is 1. The van der Waals surface area contributed by atoms with Gasteiger partial charge in [-0.25, -0.2) is 0 Å². The van der Waals surface area contributed by atoms with Gasteiger partial charge in [0.15, 0.2) is 0 Å². The maximum atomic E-state index is 12.2. The van der Waals surface area contributed by atoms with E-state index in [9.17, 15) is 10.1 Å². The molecule has 2 heterocycles. The fraction of sp³-hybridized carbons (Fsp3) is 0.471. The molecule has 0 atom stereocenters. The summed E-state index contributed by atoms with van der Waals surface area (Å²) in [5.74, 6) is 0.277. The predicted octanol–water partition coefficient (Wildman–Crippen LogP) is 1.63. The Morgan fingerprint density at radius 3 is 3.04 bits per heavy atom. The molecule has 0 bridgehead atoms. The SMILES string of the molecule is COCC[n+]1cc(NC(=O)CSc2sc(=N)c(C#N)c3c2CCCC3)on1. The second-order valence-corrected chi connectivity index (χ2v) is 8.29. The van der Waals surface area contributed by atoms with Crippen LogP contribution in [0.4, 0.5) is 5.88 Å². The minimum absolute atomic E-state index is 0.201. The summed E-state index contributed by atoms with van der Waals surface area (Å²) in [5, 5.41) is 23.9. The van der Waals surface area contributed by atoms with Crippen molar-refractivity contribution < 1.29 is 18.7 Å². The number of fused-ring (bicyclic) bond motifs is 1. The van der Waals surface area contributed by atoms with Crippen molar-refractivity contribution in [3.05, 3.63) is 27.6 Å². The fourth-order valence-electron chi connectivity index (χ4n) is 2.91. The van der Waals surface area contributed by atoms with E-state index in [1.165, 1.54) is 23.1 Å². The Morgan fingerprint density at radius 2 is 2.30 bits per heavy atom. The highest BCUT2D eigenvalue weighted by Crippen LogP contribution is 2.34. The van der Waals surface area contributed by atoms with Crippen LogP contribution in [0.25, 0.3) is 0 Å². The van der Waals surface area contributed by atoms with Crippen LogP contribution in [0.3, 0.4) is 0 Å². The lowest BCUT2D eigenvalue weighted by Gasteiger charge is -2.19. The van der Waals surface area contributed by atoms with Crippen LogP contribution in [-0.4, -0.2) is 30.6 Å². The predicted molar refractivity (Wildman–Crippen MR) is 99.5 cm³/mol. The van der Waals surface area contributed by atoms with Crippen LogP contribution in [0.1, 0.15) is 29.5 Å². The number of ether oxygens (including phenoxy) is 1. The van der Waals surface area contributed by atoms with Gasteiger partial charge in [-0.2, -0.15) is 5.26 Å². The lowest BCUT2D eigenvalue weighted by atomic mass is 9.91. The third kappa shape index (κ3) is 4.74. The first-order valence-electron chi connectivity index (χ1n) is 8.54. The van der Waals surface area contributed by atoms with E-state index in [0.717, 1.165) is 41.0 Å². The van der Waals surface area contributed by atoms with Crippen molar-refractivity contribution >= 4 is 34.9 Å². The van der Waals surface area contributed by atoms with E-state index < -0.39 is 0 Å². The molecule has 8 nitrogen and oxygen atoms in total. The number of rotatable bonds is 7. The maximum Gasteiger partial charge on any atom is 0.302 e. The molecular weight excluding hydrogens is 386 g/mol. The van der Waals surface area contributed by atoms with Gasteiger partial charge in [0, 0.05) is 7.11 Å². The number of carbonyl (C=O) groups excluding carboxylic acids is 1. The maximum absolute atomic E-state index is 12.2. The van der Waals surface area contributed by atoms with Gasteiger partial charge in [-0.05, 0) is 41.5 Å². The highest BCUT2D eigenvalue weighted by Gasteiger charge is 2.21. The molecule has 0 unspecified atom stereocenters. The Bertz CT molecular complexity index is 932. The largest absolute Gasteiger partial charge is 0.378 e. The summed E-state index contributed by atoms with van der Waals surface area (Å²) in [6.45, 7) is 1.04. The van der Waals surface area contributed by atoms with Crippen LogP contribution in [-0.2, 0) is 28.9 Å². The number of thioether (sulfide) groups is 1. The van der Waals surface area contributed by atoms with Gasteiger partial charge in [0.05, 0.1) is 15.5 Å². The molecular formula is C17H20N5O3S2+. The summed E-state index contributed by atoms with van der Waals surface area (Å²) >= 11 is 2.68. The number of nitriles is 1. The minimum Gasteiger partial charge on any atom is -0.378 e. The Morgan fingerprint density at radius 1 is 1.52 bits per heavy atom. The van der Waals surface area contributed by atoms with Crippen molar-refractivity contribution in [1.29, 1.82) is 10.7 Å². The molecule has 10 heteroatoms. The smallest absolute Gasteiger partial charge is 0.302 e. The van der Waals surface area contributed by atoms with Gasteiger partial charge in [-0.15, -0.1) is 23.1 Å². The topological polar surface area (TPSA) is 116 Å². The Labute approximate surface area is 164 Å². The second-order valence-electron chi connectivity index (χ2n) is 6.03. The van der Waals surface area contributed by atoms with E-state index >= 15 is 0 Å². The molecule has 0 saturated heterocycles. The van der Waals surface area contributed by atoms with Crippen molar-refractivity contribution in [2.24, 2.45) is 0 Å². The minimum atomic E-state index is -0.206. The highest BCUT2D eigenvalue weighted by molar-refractivity contribution is 8.01. The number of nitrogens with one attached hydrogen (secondary N) is 2. The van der Waals surface area contributed by atoms with Gasteiger partial charge < -0.3 is 4.74 Å². The van der Waals surface area contributed by atoms with Crippen molar-refractivity contribution in [3.8, 4) is 6.07 Å². The van der Waals surface area contributed by atoms with Gasteiger partial charge in [-0.1, -0.05) is 0 Å². The fourth-order valence-corrected chi connectivity index (χ4v) is 5.11. The number of hydrogen-bond donors (Lipinski definition) is 2. The Kier molecular flexibility index (Phi) is 6.60. The molecule has 0 aliphatic heterocycles. The number of amides is 1. The molecule has 2 aromatic rings. The van der Waals surface area contributed by atoms with E-state index in [4.69, 9.17) is 14.7 Å². The molecule has 0 aromatic carbocycles. The molecule has 0 saturated carbocycles. The zero-order valence-corrected chi connectivity index (χ0v) is 16.5. The lowest BCUT2D eigenvalue weighted by Crippen LogP contribution is -2.36.